The van der Waals surface area contributed by atoms with Gasteiger partial charge in [-0.15, -0.1) is 12.4 Å². The van der Waals surface area contributed by atoms with Crippen LogP contribution < -0.4 is 11.1 Å². The van der Waals surface area contributed by atoms with Crippen LogP contribution in [0.25, 0.3) is 0 Å². The summed E-state index contributed by atoms with van der Waals surface area (Å²) >= 11 is 0. The highest BCUT2D eigenvalue weighted by Gasteiger charge is 2.03. The number of carbonyl (C=O) groups excluding carboxylic acids is 1. The Morgan fingerprint density at radius 3 is 2.33 bits per heavy atom. The summed E-state index contributed by atoms with van der Waals surface area (Å²) in [4.78, 5) is 11.6. The summed E-state index contributed by atoms with van der Waals surface area (Å²) < 4.78 is 0. The van der Waals surface area contributed by atoms with Crippen LogP contribution in [0.1, 0.15) is 31.4 Å². The molecule has 0 spiro atoms. The van der Waals surface area contributed by atoms with Crippen molar-refractivity contribution in [2.75, 3.05) is 6.54 Å². The van der Waals surface area contributed by atoms with Gasteiger partial charge in [0.05, 0.1) is 6.42 Å². The first kappa shape index (κ1) is 16.9. The van der Waals surface area contributed by atoms with Gasteiger partial charge in [-0.3, -0.25) is 4.79 Å². The molecule has 0 bridgehead atoms. The molecule has 102 valence electrons. The Balaban J connectivity index is 0.00000289. The lowest BCUT2D eigenvalue weighted by molar-refractivity contribution is -0.120. The summed E-state index contributed by atoms with van der Waals surface area (Å²) in [6.45, 7) is 4.72. The Kier molecular flexibility index (Phi) is 8.42. The molecule has 1 aromatic rings. The van der Waals surface area contributed by atoms with Crippen molar-refractivity contribution in [2.24, 2.45) is 5.73 Å². The zero-order valence-corrected chi connectivity index (χ0v) is 11.9. The number of benzene rings is 1. The molecule has 4 heteroatoms. The second-order valence-corrected chi connectivity index (χ2v) is 4.46. The van der Waals surface area contributed by atoms with E-state index >= 15 is 0 Å². The summed E-state index contributed by atoms with van der Waals surface area (Å²) in [5.74, 6) is 0.0647. The number of hydrogen-bond acceptors (Lipinski definition) is 2. The number of rotatable bonds is 6. The van der Waals surface area contributed by atoms with Crippen LogP contribution in [0.2, 0.25) is 0 Å². The van der Waals surface area contributed by atoms with Crippen LogP contribution >= 0.6 is 12.4 Å². The fraction of sp³-hybridized carbons (Fsp3) is 0.500. The Labute approximate surface area is 116 Å². The molecule has 3 N–H and O–H groups in total. The Morgan fingerprint density at radius 2 is 1.83 bits per heavy atom. The monoisotopic (exact) mass is 270 g/mol. The van der Waals surface area contributed by atoms with E-state index < -0.39 is 0 Å². The highest BCUT2D eigenvalue weighted by Crippen LogP contribution is 2.05. The molecular formula is C14H23ClN2O. The molecule has 0 heterocycles. The Morgan fingerprint density at radius 1 is 1.28 bits per heavy atom. The lowest BCUT2D eigenvalue weighted by atomic mass is 10.1. The van der Waals surface area contributed by atoms with Gasteiger partial charge in [0.1, 0.15) is 0 Å². The summed E-state index contributed by atoms with van der Waals surface area (Å²) in [6, 6.07) is 8.32. The molecule has 0 fully saturated rings. The maximum Gasteiger partial charge on any atom is 0.224 e. The first-order chi connectivity index (χ1) is 8.11. The first-order valence-electron chi connectivity index (χ1n) is 6.22. The van der Waals surface area contributed by atoms with Gasteiger partial charge in [0.2, 0.25) is 5.91 Å². The van der Waals surface area contributed by atoms with Crippen molar-refractivity contribution in [2.45, 2.75) is 39.2 Å². The number of hydrogen-bond donors (Lipinski definition) is 2. The SMILES string of the molecule is CCc1ccc(CC(=O)NCCC(C)N)cc1.Cl. The van der Waals surface area contributed by atoms with E-state index in [1.54, 1.807) is 0 Å². The second kappa shape index (κ2) is 8.95. The van der Waals surface area contributed by atoms with Gasteiger partial charge in [-0.2, -0.15) is 0 Å². The Bertz CT molecular complexity index is 349. The maximum atomic E-state index is 11.6. The van der Waals surface area contributed by atoms with Crippen LogP contribution in [0.3, 0.4) is 0 Å². The van der Waals surface area contributed by atoms with E-state index in [-0.39, 0.29) is 24.4 Å². The minimum absolute atomic E-state index is 0. The molecule has 0 aliphatic heterocycles. The minimum atomic E-state index is 0. The highest BCUT2D eigenvalue weighted by atomic mass is 35.5. The van der Waals surface area contributed by atoms with Gasteiger partial charge < -0.3 is 11.1 Å². The van der Waals surface area contributed by atoms with Crippen LogP contribution in [0.4, 0.5) is 0 Å². The number of halogens is 1. The molecule has 1 atom stereocenters. The summed E-state index contributed by atoms with van der Waals surface area (Å²) in [7, 11) is 0. The topological polar surface area (TPSA) is 55.1 Å². The molecule has 0 aliphatic carbocycles. The lowest BCUT2D eigenvalue weighted by Crippen LogP contribution is -2.29. The average molecular weight is 271 g/mol. The van der Waals surface area contributed by atoms with Gasteiger partial charge in [-0.1, -0.05) is 31.2 Å². The normalized spacial score (nSPS) is 11.5. The standard InChI is InChI=1S/C14H22N2O.ClH/c1-3-12-4-6-13(7-5-12)10-14(17)16-9-8-11(2)15;/h4-7,11H,3,8-10,15H2,1-2H3,(H,16,17);1H. The van der Waals surface area contributed by atoms with Gasteiger partial charge in [-0.25, -0.2) is 0 Å². The third-order valence-corrected chi connectivity index (χ3v) is 2.72. The predicted molar refractivity (Wildman–Crippen MR) is 78.0 cm³/mol. The fourth-order valence-electron chi connectivity index (χ4n) is 1.58. The van der Waals surface area contributed by atoms with E-state index in [1.165, 1.54) is 5.56 Å². The second-order valence-electron chi connectivity index (χ2n) is 4.46. The highest BCUT2D eigenvalue weighted by molar-refractivity contribution is 5.85. The third-order valence-electron chi connectivity index (χ3n) is 2.72. The van der Waals surface area contributed by atoms with Gasteiger partial charge in [-0.05, 0) is 30.9 Å². The number of nitrogens with two attached hydrogens (primary N) is 1. The molecule has 1 rings (SSSR count). The molecule has 0 aliphatic rings. The molecule has 18 heavy (non-hydrogen) atoms. The van der Waals surface area contributed by atoms with E-state index in [4.69, 9.17) is 5.73 Å². The van der Waals surface area contributed by atoms with Crippen LogP contribution in [0, 0.1) is 0 Å². The van der Waals surface area contributed by atoms with E-state index in [2.05, 4.69) is 24.4 Å². The minimum Gasteiger partial charge on any atom is -0.356 e. The molecule has 1 unspecified atom stereocenters. The van der Waals surface area contributed by atoms with Crippen molar-refractivity contribution >= 4 is 18.3 Å². The molecule has 0 saturated heterocycles. The van der Waals surface area contributed by atoms with E-state index in [1.807, 2.05) is 19.1 Å². The smallest absolute Gasteiger partial charge is 0.224 e. The third kappa shape index (κ3) is 6.62. The average Bonchev–Trinajstić information content (AvgIpc) is 2.29. The fourth-order valence-corrected chi connectivity index (χ4v) is 1.58. The van der Waals surface area contributed by atoms with E-state index in [9.17, 15) is 4.79 Å². The summed E-state index contributed by atoms with van der Waals surface area (Å²) in [6.07, 6.45) is 2.30. The largest absolute Gasteiger partial charge is 0.356 e. The Hall–Kier alpha value is -1.06. The van der Waals surface area contributed by atoms with Crippen molar-refractivity contribution in [1.29, 1.82) is 0 Å². The van der Waals surface area contributed by atoms with Gasteiger partial charge in [0.15, 0.2) is 0 Å². The zero-order valence-electron chi connectivity index (χ0n) is 11.1. The van der Waals surface area contributed by atoms with Gasteiger partial charge in [0.25, 0.3) is 0 Å². The van der Waals surface area contributed by atoms with Crippen LogP contribution in [-0.4, -0.2) is 18.5 Å². The van der Waals surface area contributed by atoms with E-state index in [0.717, 1.165) is 18.4 Å². The number of nitrogens with one attached hydrogen (secondary N) is 1. The molecule has 1 amide bonds. The van der Waals surface area contributed by atoms with Crippen LogP contribution in [0.5, 0.6) is 0 Å². The molecule has 3 nitrogen and oxygen atoms in total. The number of amides is 1. The van der Waals surface area contributed by atoms with Crippen LogP contribution in [0.15, 0.2) is 24.3 Å². The van der Waals surface area contributed by atoms with Gasteiger partial charge >= 0.3 is 0 Å². The van der Waals surface area contributed by atoms with Crippen molar-refractivity contribution in [3.05, 3.63) is 35.4 Å². The number of aryl methyl sites for hydroxylation is 1. The van der Waals surface area contributed by atoms with Crippen molar-refractivity contribution < 1.29 is 4.79 Å². The molecule has 1 aromatic carbocycles. The first-order valence-corrected chi connectivity index (χ1v) is 6.22. The zero-order chi connectivity index (χ0) is 12.7. The van der Waals surface area contributed by atoms with Crippen molar-refractivity contribution in [1.82, 2.24) is 5.32 Å². The number of carbonyl (C=O) groups is 1. The van der Waals surface area contributed by atoms with Crippen molar-refractivity contribution in [3.8, 4) is 0 Å². The quantitative estimate of drug-likeness (QED) is 0.831. The molecular weight excluding hydrogens is 248 g/mol. The summed E-state index contributed by atoms with van der Waals surface area (Å²) in [5, 5.41) is 2.87. The van der Waals surface area contributed by atoms with Crippen molar-refractivity contribution in [3.63, 3.8) is 0 Å². The lowest BCUT2D eigenvalue weighted by Gasteiger charge is -2.07. The predicted octanol–water partition coefficient (Wildman–Crippen LogP) is 2.07. The van der Waals surface area contributed by atoms with Gasteiger partial charge in [0, 0.05) is 12.6 Å². The molecule has 0 saturated carbocycles. The molecule has 0 radical (unpaired) electrons. The maximum absolute atomic E-state index is 11.6. The van der Waals surface area contributed by atoms with Crippen LogP contribution in [-0.2, 0) is 17.6 Å². The summed E-state index contributed by atoms with van der Waals surface area (Å²) in [5.41, 5.74) is 7.97. The van der Waals surface area contributed by atoms with E-state index in [0.29, 0.717) is 13.0 Å². The molecule has 0 aromatic heterocycles.